The van der Waals surface area contributed by atoms with Gasteiger partial charge in [-0.2, -0.15) is 0 Å². The first-order valence-electron chi connectivity index (χ1n) is 2.87. The minimum absolute atomic E-state index is 0.181. The number of carbonyl (C=O) groups is 2. The molecular weight excluding hydrogens is 150 g/mol. The summed E-state index contributed by atoms with van der Waals surface area (Å²) in [7, 11) is 0. The number of amides is 2. The number of rotatable bonds is 3. The van der Waals surface area contributed by atoms with Crippen LogP contribution in [0.4, 0.5) is 0 Å². The van der Waals surface area contributed by atoms with E-state index in [1.54, 1.807) is 0 Å². The molecule has 0 saturated heterocycles. The van der Waals surface area contributed by atoms with Gasteiger partial charge in [-0.1, -0.05) is 0 Å². The van der Waals surface area contributed by atoms with Crippen molar-refractivity contribution >= 4 is 11.8 Å². The van der Waals surface area contributed by atoms with Crippen LogP contribution in [0.3, 0.4) is 0 Å². The van der Waals surface area contributed by atoms with Crippen molar-refractivity contribution in [3.05, 3.63) is 0 Å². The summed E-state index contributed by atoms with van der Waals surface area (Å²) in [4.78, 5) is 21.1. The average molecular weight is 161 g/mol. The van der Waals surface area contributed by atoms with Crippen LogP contribution in [0.15, 0.2) is 0 Å². The highest BCUT2D eigenvalue weighted by molar-refractivity contribution is 5.87. The number of hydrogen-bond acceptors (Lipinski definition) is 5. The molecular formula is C4H11N5O2. The molecule has 0 radical (unpaired) electrons. The lowest BCUT2D eigenvalue weighted by Gasteiger charge is -2.07. The van der Waals surface area contributed by atoms with E-state index in [1.807, 2.05) is 10.9 Å². The normalized spacial score (nSPS) is 11.9. The first kappa shape index (κ1) is 9.82. The molecule has 0 aromatic rings. The molecule has 0 aliphatic carbocycles. The molecule has 1 atom stereocenters. The fourth-order valence-corrected chi connectivity index (χ4v) is 0.458. The molecule has 0 aliphatic rings. The molecule has 7 heteroatoms. The molecule has 8 N–H and O–H groups in total. The number of nitrogens with two attached hydrogens (primary N) is 3. The van der Waals surface area contributed by atoms with Gasteiger partial charge in [0, 0.05) is 0 Å². The molecule has 0 bridgehead atoms. The molecule has 0 rings (SSSR count). The molecule has 7 nitrogen and oxygen atoms in total. The minimum atomic E-state index is -0.955. The molecule has 0 aliphatic heterocycles. The van der Waals surface area contributed by atoms with Crippen molar-refractivity contribution in [2.24, 2.45) is 17.4 Å². The Labute approximate surface area is 63.2 Å². The predicted molar refractivity (Wildman–Crippen MR) is 37.3 cm³/mol. The van der Waals surface area contributed by atoms with Crippen molar-refractivity contribution in [1.82, 2.24) is 10.9 Å². The molecule has 0 fully saturated rings. The van der Waals surface area contributed by atoms with Crippen molar-refractivity contribution in [2.45, 2.75) is 12.5 Å². The van der Waals surface area contributed by atoms with Crippen LogP contribution >= 0.6 is 0 Å². The van der Waals surface area contributed by atoms with Crippen LogP contribution in [0.1, 0.15) is 6.42 Å². The van der Waals surface area contributed by atoms with Crippen LogP contribution in [0.25, 0.3) is 0 Å². The number of carbonyl (C=O) groups excluding carboxylic acids is 2. The Morgan fingerprint density at radius 3 is 2.18 bits per heavy atom. The van der Waals surface area contributed by atoms with E-state index in [0.717, 1.165) is 0 Å². The van der Waals surface area contributed by atoms with Gasteiger partial charge >= 0.3 is 0 Å². The molecule has 1 unspecified atom stereocenters. The highest BCUT2D eigenvalue weighted by atomic mass is 16.2. The van der Waals surface area contributed by atoms with Gasteiger partial charge in [0.25, 0.3) is 5.91 Å². The fourth-order valence-electron chi connectivity index (χ4n) is 0.458. The van der Waals surface area contributed by atoms with Gasteiger partial charge in [0.2, 0.25) is 5.91 Å². The molecule has 64 valence electrons. The van der Waals surface area contributed by atoms with Gasteiger partial charge in [0.1, 0.15) is 0 Å². The van der Waals surface area contributed by atoms with Gasteiger partial charge in [-0.05, 0) is 0 Å². The zero-order chi connectivity index (χ0) is 8.85. The van der Waals surface area contributed by atoms with Crippen LogP contribution < -0.4 is 28.3 Å². The Morgan fingerprint density at radius 2 is 1.82 bits per heavy atom. The summed E-state index contributed by atoms with van der Waals surface area (Å²) in [5.74, 6) is 8.38. The maximum atomic E-state index is 10.6. The summed E-state index contributed by atoms with van der Waals surface area (Å²) in [6.07, 6.45) is -0.181. The Bertz CT molecular complexity index is 159. The van der Waals surface area contributed by atoms with Gasteiger partial charge in [0.05, 0.1) is 12.5 Å². The largest absolute Gasteiger partial charge is 0.319 e. The summed E-state index contributed by atoms with van der Waals surface area (Å²) in [5, 5.41) is 0. The summed E-state index contributed by atoms with van der Waals surface area (Å²) in [6.45, 7) is 0. The van der Waals surface area contributed by atoms with Gasteiger partial charge in [0.15, 0.2) is 0 Å². The molecule has 0 spiro atoms. The summed E-state index contributed by atoms with van der Waals surface area (Å²) >= 11 is 0. The van der Waals surface area contributed by atoms with Crippen molar-refractivity contribution < 1.29 is 9.59 Å². The highest BCUT2D eigenvalue weighted by Gasteiger charge is 2.15. The van der Waals surface area contributed by atoms with Gasteiger partial charge in [-0.15, -0.1) is 0 Å². The second kappa shape index (κ2) is 4.61. The maximum absolute atomic E-state index is 10.6. The van der Waals surface area contributed by atoms with Gasteiger partial charge < -0.3 is 5.73 Å². The Balaban J connectivity index is 3.77. The van der Waals surface area contributed by atoms with Gasteiger partial charge in [-0.25, -0.2) is 11.7 Å². The third kappa shape index (κ3) is 3.50. The molecule has 0 aromatic carbocycles. The van der Waals surface area contributed by atoms with Crippen LogP contribution in [0.5, 0.6) is 0 Å². The zero-order valence-corrected chi connectivity index (χ0v) is 5.83. The number of hydrogen-bond donors (Lipinski definition) is 5. The monoisotopic (exact) mass is 161 g/mol. The highest BCUT2D eigenvalue weighted by Crippen LogP contribution is 1.85. The molecule has 0 heterocycles. The van der Waals surface area contributed by atoms with E-state index >= 15 is 0 Å². The molecule has 0 aromatic heterocycles. The lowest BCUT2D eigenvalue weighted by molar-refractivity contribution is -0.127. The maximum Gasteiger partial charge on any atom is 0.251 e. The Kier molecular flexibility index (Phi) is 4.11. The van der Waals surface area contributed by atoms with Crippen molar-refractivity contribution in [1.29, 1.82) is 0 Å². The lowest BCUT2D eigenvalue weighted by Crippen LogP contribution is -2.47. The molecule has 0 saturated carbocycles. The SMILES string of the molecule is NNC(=O)CC(N)C(=O)NN. The fraction of sp³-hybridized carbons (Fsp3) is 0.500. The zero-order valence-electron chi connectivity index (χ0n) is 5.83. The van der Waals surface area contributed by atoms with Crippen molar-refractivity contribution in [2.75, 3.05) is 0 Å². The summed E-state index contributed by atoms with van der Waals surface area (Å²) < 4.78 is 0. The molecule has 11 heavy (non-hydrogen) atoms. The Morgan fingerprint density at radius 1 is 1.27 bits per heavy atom. The summed E-state index contributed by atoms with van der Waals surface area (Å²) in [6, 6.07) is -0.955. The van der Waals surface area contributed by atoms with E-state index in [1.165, 1.54) is 0 Å². The average Bonchev–Trinajstić information content (AvgIpc) is 2.02. The Hall–Kier alpha value is -1.18. The number of nitrogens with one attached hydrogen (secondary N) is 2. The smallest absolute Gasteiger partial charge is 0.251 e. The van der Waals surface area contributed by atoms with Crippen LogP contribution in [0, 0.1) is 0 Å². The van der Waals surface area contributed by atoms with Gasteiger partial charge in [-0.3, -0.25) is 20.4 Å². The molecule has 2 amide bonds. The first-order chi connectivity index (χ1) is 5.11. The van der Waals surface area contributed by atoms with Crippen molar-refractivity contribution in [3.63, 3.8) is 0 Å². The second-order valence-corrected chi connectivity index (χ2v) is 1.89. The van der Waals surface area contributed by atoms with E-state index in [0.29, 0.717) is 0 Å². The standard InChI is InChI=1S/C4H11N5O2/c5-2(4(11)9-7)1-3(10)8-6/h2H,1,5-7H2,(H,8,10)(H,9,11). The van der Waals surface area contributed by atoms with E-state index < -0.39 is 17.9 Å². The van der Waals surface area contributed by atoms with E-state index in [9.17, 15) is 9.59 Å². The minimum Gasteiger partial charge on any atom is -0.319 e. The number of hydrazine groups is 2. The van der Waals surface area contributed by atoms with Crippen LogP contribution in [-0.2, 0) is 9.59 Å². The third-order valence-electron chi connectivity index (χ3n) is 1.05. The quantitative estimate of drug-likeness (QED) is 0.168. The first-order valence-corrected chi connectivity index (χ1v) is 2.87. The lowest BCUT2D eigenvalue weighted by atomic mass is 10.2. The van der Waals surface area contributed by atoms with Crippen molar-refractivity contribution in [3.8, 4) is 0 Å². The predicted octanol–water partition coefficient (Wildman–Crippen LogP) is -3.32. The third-order valence-corrected chi connectivity index (χ3v) is 1.05. The van der Waals surface area contributed by atoms with Crippen LogP contribution in [0.2, 0.25) is 0 Å². The van der Waals surface area contributed by atoms with E-state index in [4.69, 9.17) is 17.4 Å². The summed E-state index contributed by atoms with van der Waals surface area (Å²) in [5.41, 5.74) is 8.84. The van der Waals surface area contributed by atoms with E-state index in [2.05, 4.69) is 0 Å². The van der Waals surface area contributed by atoms with E-state index in [-0.39, 0.29) is 6.42 Å². The second-order valence-electron chi connectivity index (χ2n) is 1.89. The topological polar surface area (TPSA) is 136 Å². The van der Waals surface area contributed by atoms with Crippen LogP contribution in [-0.4, -0.2) is 17.9 Å².